The molecule has 0 bridgehead atoms. The minimum Gasteiger partial charge on any atom is -0.308 e. The van der Waals surface area contributed by atoms with Gasteiger partial charge in [-0.3, -0.25) is 14.1 Å². The first-order chi connectivity index (χ1) is 24.3. The summed E-state index contributed by atoms with van der Waals surface area (Å²) in [6.45, 7) is 0. The van der Waals surface area contributed by atoms with Crippen LogP contribution in [-0.2, 0) is 0 Å². The van der Waals surface area contributed by atoms with Gasteiger partial charge in [0.15, 0.2) is 5.65 Å². The van der Waals surface area contributed by atoms with Crippen LogP contribution in [0.2, 0.25) is 0 Å². The van der Waals surface area contributed by atoms with Crippen molar-refractivity contribution < 1.29 is 0 Å². The van der Waals surface area contributed by atoms with Crippen molar-refractivity contribution in [3.8, 4) is 39.7 Å². The van der Waals surface area contributed by atoms with Gasteiger partial charge in [-0.25, -0.2) is 4.98 Å². The molecule has 230 valence electrons. The summed E-state index contributed by atoms with van der Waals surface area (Å²) >= 11 is 0. The lowest BCUT2D eigenvalue weighted by Crippen LogP contribution is -1.99. The summed E-state index contributed by atoms with van der Waals surface area (Å²) in [5, 5.41) is 3.55. The van der Waals surface area contributed by atoms with E-state index in [0.717, 1.165) is 72.8 Å². The fraction of sp³-hybridized carbons (Fsp3) is 0. The van der Waals surface area contributed by atoms with E-state index in [1.807, 2.05) is 18.3 Å². The molecule has 0 amide bonds. The number of pyridine rings is 1. The van der Waals surface area contributed by atoms with Gasteiger partial charge in [0.1, 0.15) is 11.3 Å². The van der Waals surface area contributed by atoms with Gasteiger partial charge in [-0.05, 0) is 60.7 Å². The van der Waals surface area contributed by atoms with E-state index in [2.05, 4.69) is 176 Å². The van der Waals surface area contributed by atoms with Crippen molar-refractivity contribution >= 4 is 43.9 Å². The van der Waals surface area contributed by atoms with Gasteiger partial charge in [-0.2, -0.15) is 0 Å². The molecule has 5 heteroatoms. The zero-order valence-electron chi connectivity index (χ0n) is 26.5. The van der Waals surface area contributed by atoms with Crippen molar-refractivity contribution in [2.75, 3.05) is 0 Å². The Kier molecular flexibility index (Phi) is 6.11. The number of fused-ring (bicyclic) bond motifs is 7. The van der Waals surface area contributed by atoms with Crippen LogP contribution >= 0.6 is 0 Å². The highest BCUT2D eigenvalue weighted by Crippen LogP contribution is 2.44. The summed E-state index contributed by atoms with van der Waals surface area (Å²) in [5.74, 6) is 0.903. The number of hydrogen-bond donors (Lipinski definition) is 0. The van der Waals surface area contributed by atoms with Gasteiger partial charge in [0.2, 0.25) is 0 Å². The molecular formula is C44H29N5. The molecule has 0 aliphatic rings. The van der Waals surface area contributed by atoms with Gasteiger partial charge in [-0.1, -0.05) is 109 Å². The second-order valence-electron chi connectivity index (χ2n) is 12.3. The summed E-state index contributed by atoms with van der Waals surface area (Å²) in [5.41, 5.74) is 11.7. The maximum Gasteiger partial charge on any atom is 0.165 e. The number of benzene rings is 6. The van der Waals surface area contributed by atoms with Crippen molar-refractivity contribution in [3.05, 3.63) is 176 Å². The highest BCUT2D eigenvalue weighted by atomic mass is 15.2. The topological polar surface area (TPSA) is 40.6 Å². The third kappa shape index (κ3) is 4.19. The van der Waals surface area contributed by atoms with Gasteiger partial charge in [0.25, 0.3) is 0 Å². The third-order valence-electron chi connectivity index (χ3n) is 9.49. The number of nitrogens with zero attached hydrogens (tertiary/aromatic N) is 5. The number of aromatic nitrogens is 5. The van der Waals surface area contributed by atoms with Crippen LogP contribution in [0.5, 0.6) is 0 Å². The van der Waals surface area contributed by atoms with Crippen LogP contribution in [0.25, 0.3) is 83.6 Å². The number of imidazole rings is 1. The molecule has 10 aromatic rings. The Balaban J connectivity index is 1.43. The van der Waals surface area contributed by atoms with Crippen LogP contribution in [0, 0.1) is 0 Å². The van der Waals surface area contributed by atoms with Crippen LogP contribution in [0.1, 0.15) is 0 Å². The van der Waals surface area contributed by atoms with E-state index in [1.165, 1.54) is 10.8 Å². The Morgan fingerprint density at radius 2 is 1.06 bits per heavy atom. The van der Waals surface area contributed by atoms with Gasteiger partial charge in [-0.15, -0.1) is 0 Å². The molecule has 49 heavy (non-hydrogen) atoms. The molecule has 0 N–H and O–H groups in total. The maximum absolute atomic E-state index is 5.50. The van der Waals surface area contributed by atoms with E-state index in [-0.39, 0.29) is 0 Å². The van der Waals surface area contributed by atoms with E-state index in [1.54, 1.807) is 0 Å². The first-order valence-corrected chi connectivity index (χ1v) is 16.5. The lowest BCUT2D eigenvalue weighted by molar-refractivity contribution is 1.10. The Morgan fingerprint density at radius 1 is 0.408 bits per heavy atom. The van der Waals surface area contributed by atoms with Crippen molar-refractivity contribution in [1.82, 2.24) is 23.7 Å². The van der Waals surface area contributed by atoms with E-state index >= 15 is 0 Å². The minimum atomic E-state index is 0.903. The first-order valence-electron chi connectivity index (χ1n) is 16.5. The number of rotatable bonds is 5. The summed E-state index contributed by atoms with van der Waals surface area (Å²) in [7, 11) is 0. The summed E-state index contributed by atoms with van der Waals surface area (Å²) in [4.78, 5) is 10.2. The second kappa shape index (κ2) is 10.9. The average Bonchev–Trinajstić information content (AvgIpc) is 3.83. The van der Waals surface area contributed by atoms with Crippen LogP contribution in [0.4, 0.5) is 0 Å². The van der Waals surface area contributed by atoms with Crippen molar-refractivity contribution in [3.63, 3.8) is 0 Å². The smallest absolute Gasteiger partial charge is 0.165 e. The normalized spacial score (nSPS) is 11.7. The molecule has 0 saturated heterocycles. The molecule has 0 fully saturated rings. The van der Waals surface area contributed by atoms with Crippen molar-refractivity contribution in [1.29, 1.82) is 0 Å². The van der Waals surface area contributed by atoms with E-state index in [0.29, 0.717) is 0 Å². The molecule has 0 saturated carbocycles. The molecule has 4 heterocycles. The zero-order valence-corrected chi connectivity index (χ0v) is 26.5. The largest absolute Gasteiger partial charge is 0.308 e. The molecule has 0 spiro atoms. The number of para-hydroxylation sites is 3. The minimum absolute atomic E-state index is 0.903. The monoisotopic (exact) mass is 627 g/mol. The Hall–Kier alpha value is -6.72. The molecule has 5 nitrogen and oxygen atoms in total. The molecule has 0 aliphatic heterocycles. The molecule has 10 rings (SSSR count). The summed E-state index contributed by atoms with van der Waals surface area (Å²) < 4.78 is 7.10. The fourth-order valence-electron chi connectivity index (χ4n) is 7.42. The van der Waals surface area contributed by atoms with Crippen molar-refractivity contribution in [2.45, 2.75) is 0 Å². The Labute approximate surface area is 282 Å². The van der Waals surface area contributed by atoms with E-state index in [9.17, 15) is 0 Å². The van der Waals surface area contributed by atoms with Gasteiger partial charge in [0.05, 0.1) is 27.6 Å². The highest BCUT2D eigenvalue weighted by molar-refractivity contribution is 6.25. The van der Waals surface area contributed by atoms with Crippen molar-refractivity contribution in [2.24, 2.45) is 0 Å². The predicted molar refractivity (Wildman–Crippen MR) is 201 cm³/mol. The third-order valence-corrected chi connectivity index (χ3v) is 9.49. The van der Waals surface area contributed by atoms with Gasteiger partial charge < -0.3 is 4.57 Å². The van der Waals surface area contributed by atoms with Gasteiger partial charge in [0, 0.05) is 45.2 Å². The molecule has 4 aromatic heterocycles. The standard InChI is InChI=1S/C44H29N5/c1-4-15-30(16-5-1)43-46-44-42(49(43)33-20-8-3-9-21-33)40-39(48(44)32-18-6-2-7-19-32)27-26-36-35-23-10-11-25-38(35)47(41(36)40)34-22-14-17-31(29-34)37-24-12-13-28-45-37/h1-29H. The van der Waals surface area contributed by atoms with Crippen LogP contribution in [-0.4, -0.2) is 23.7 Å². The predicted octanol–water partition coefficient (Wildman–Crippen LogP) is 10.8. The quantitative estimate of drug-likeness (QED) is 0.190. The molecule has 0 atom stereocenters. The summed E-state index contributed by atoms with van der Waals surface area (Å²) in [6, 6.07) is 59.8. The van der Waals surface area contributed by atoms with Crippen LogP contribution in [0.15, 0.2) is 176 Å². The Morgan fingerprint density at radius 3 is 1.82 bits per heavy atom. The molecule has 6 aromatic carbocycles. The van der Waals surface area contributed by atoms with Crippen LogP contribution in [0.3, 0.4) is 0 Å². The lowest BCUT2D eigenvalue weighted by Gasteiger charge is -2.13. The molecular weight excluding hydrogens is 599 g/mol. The SMILES string of the molecule is c1ccc(-c2nc3c(c4c(ccc5c6ccccc6n(-c6cccc(-c7ccccn7)c6)c54)n3-c3ccccc3)n2-c2ccccc2)cc1. The zero-order chi connectivity index (χ0) is 32.3. The van der Waals surface area contributed by atoms with E-state index in [4.69, 9.17) is 4.98 Å². The molecule has 0 aliphatic carbocycles. The van der Waals surface area contributed by atoms with Crippen LogP contribution < -0.4 is 0 Å². The fourth-order valence-corrected chi connectivity index (χ4v) is 7.42. The Bertz CT molecular complexity index is 2790. The first kappa shape index (κ1) is 27.4. The second-order valence-corrected chi connectivity index (χ2v) is 12.3. The van der Waals surface area contributed by atoms with Gasteiger partial charge >= 0.3 is 0 Å². The average molecular weight is 628 g/mol. The lowest BCUT2D eigenvalue weighted by atomic mass is 10.1. The number of hydrogen-bond acceptors (Lipinski definition) is 2. The molecule has 0 radical (unpaired) electrons. The summed E-state index contributed by atoms with van der Waals surface area (Å²) in [6.07, 6.45) is 1.85. The molecule has 0 unspecified atom stereocenters. The maximum atomic E-state index is 5.50. The van der Waals surface area contributed by atoms with E-state index < -0.39 is 0 Å². The highest BCUT2D eigenvalue weighted by Gasteiger charge is 2.27.